The summed E-state index contributed by atoms with van der Waals surface area (Å²) >= 11 is 7.11. The number of nitrogens with zero attached hydrogens (tertiary/aromatic N) is 2. The summed E-state index contributed by atoms with van der Waals surface area (Å²) in [6.45, 7) is 0. The summed E-state index contributed by atoms with van der Waals surface area (Å²) in [5.74, 6) is 0.0882. The molecule has 1 amide bonds. The average molecular weight is 438 g/mol. The van der Waals surface area contributed by atoms with Crippen molar-refractivity contribution >= 4 is 44.8 Å². The maximum Gasteiger partial charge on any atom is 0.277 e. The van der Waals surface area contributed by atoms with E-state index < -0.39 is 9.84 Å². The molecule has 10 heteroatoms. The summed E-state index contributed by atoms with van der Waals surface area (Å²) in [7, 11) is -3.40. The fourth-order valence-electron chi connectivity index (χ4n) is 2.28. The molecular weight excluding hydrogens is 422 g/mol. The first-order valence-electron chi connectivity index (χ1n) is 8.10. The molecule has 1 N–H and O–H groups in total. The van der Waals surface area contributed by atoms with Crippen LogP contribution in [-0.2, 0) is 21.1 Å². The zero-order valence-corrected chi connectivity index (χ0v) is 17.1. The monoisotopic (exact) mass is 437 g/mol. The molecular formula is C18H16ClN3O4S2. The van der Waals surface area contributed by atoms with Gasteiger partial charge in [-0.25, -0.2) is 8.42 Å². The van der Waals surface area contributed by atoms with Gasteiger partial charge >= 0.3 is 0 Å². The summed E-state index contributed by atoms with van der Waals surface area (Å²) in [5.41, 5.74) is 1.27. The molecule has 28 heavy (non-hydrogen) atoms. The Morgan fingerprint density at radius 1 is 1.18 bits per heavy atom. The molecule has 0 radical (unpaired) electrons. The molecule has 0 fully saturated rings. The van der Waals surface area contributed by atoms with Gasteiger partial charge in [-0.3, -0.25) is 4.79 Å². The number of anilines is 1. The Labute approximate surface area is 171 Å². The van der Waals surface area contributed by atoms with Crippen LogP contribution in [0.15, 0.2) is 63.1 Å². The maximum absolute atomic E-state index is 12.2. The van der Waals surface area contributed by atoms with Crippen molar-refractivity contribution in [1.82, 2.24) is 10.2 Å². The first-order chi connectivity index (χ1) is 13.3. The molecule has 0 aliphatic carbocycles. The van der Waals surface area contributed by atoms with Gasteiger partial charge in [0.2, 0.25) is 11.8 Å². The van der Waals surface area contributed by atoms with E-state index in [1.807, 2.05) is 30.3 Å². The van der Waals surface area contributed by atoms with Crippen molar-refractivity contribution in [3.8, 4) is 0 Å². The van der Waals surface area contributed by atoms with Gasteiger partial charge in [0.1, 0.15) is 0 Å². The molecule has 0 saturated heterocycles. The number of thioether (sulfide) groups is 1. The summed E-state index contributed by atoms with van der Waals surface area (Å²) < 4.78 is 28.8. The van der Waals surface area contributed by atoms with Crippen molar-refractivity contribution < 1.29 is 17.6 Å². The molecule has 0 unspecified atom stereocenters. The topological polar surface area (TPSA) is 102 Å². The fraction of sp³-hybridized carbons (Fsp3) is 0.167. The van der Waals surface area contributed by atoms with Crippen LogP contribution >= 0.6 is 23.4 Å². The molecule has 0 saturated carbocycles. The predicted octanol–water partition coefficient (Wildman–Crippen LogP) is 3.45. The van der Waals surface area contributed by atoms with Crippen LogP contribution < -0.4 is 5.32 Å². The third-order valence-electron chi connectivity index (χ3n) is 3.61. The maximum atomic E-state index is 12.2. The van der Waals surface area contributed by atoms with Crippen molar-refractivity contribution in [3.05, 3.63) is 65.0 Å². The van der Waals surface area contributed by atoms with Gasteiger partial charge in [0.25, 0.3) is 5.22 Å². The minimum absolute atomic E-state index is 0.00635. The normalized spacial score (nSPS) is 11.4. The Bertz CT molecular complexity index is 1090. The number of hydrogen-bond acceptors (Lipinski definition) is 7. The summed E-state index contributed by atoms with van der Waals surface area (Å²) in [4.78, 5) is 12.2. The quantitative estimate of drug-likeness (QED) is 0.564. The minimum Gasteiger partial charge on any atom is -0.416 e. The van der Waals surface area contributed by atoms with Crippen LogP contribution in [0.25, 0.3) is 0 Å². The Morgan fingerprint density at radius 2 is 1.93 bits per heavy atom. The molecule has 2 aromatic carbocycles. The van der Waals surface area contributed by atoms with E-state index >= 15 is 0 Å². The first kappa shape index (κ1) is 20.4. The first-order valence-corrected chi connectivity index (χ1v) is 11.4. The SMILES string of the molecule is CS(=O)(=O)c1ccc(Cl)c(NC(=O)CSc2nnc(Cc3ccccc3)o2)c1. The molecule has 0 spiro atoms. The van der Waals surface area contributed by atoms with E-state index in [0.717, 1.165) is 23.6 Å². The van der Waals surface area contributed by atoms with E-state index in [0.29, 0.717) is 12.3 Å². The van der Waals surface area contributed by atoms with Gasteiger partial charge in [-0.05, 0) is 23.8 Å². The lowest BCUT2D eigenvalue weighted by Crippen LogP contribution is -2.14. The van der Waals surface area contributed by atoms with Gasteiger partial charge in [-0.2, -0.15) is 0 Å². The zero-order valence-electron chi connectivity index (χ0n) is 14.8. The van der Waals surface area contributed by atoms with E-state index in [9.17, 15) is 13.2 Å². The third-order valence-corrected chi connectivity index (χ3v) is 5.87. The van der Waals surface area contributed by atoms with Crippen LogP contribution in [0.1, 0.15) is 11.5 Å². The van der Waals surface area contributed by atoms with Crippen LogP contribution in [0.2, 0.25) is 5.02 Å². The Balaban J connectivity index is 1.58. The molecule has 0 aliphatic heterocycles. The number of nitrogens with one attached hydrogen (secondary N) is 1. The molecule has 0 aliphatic rings. The molecule has 3 rings (SSSR count). The Hall–Kier alpha value is -2.36. The van der Waals surface area contributed by atoms with Crippen LogP contribution in [0.4, 0.5) is 5.69 Å². The zero-order chi connectivity index (χ0) is 20.1. The average Bonchev–Trinajstić information content (AvgIpc) is 3.09. The predicted molar refractivity (Wildman–Crippen MR) is 107 cm³/mol. The lowest BCUT2D eigenvalue weighted by molar-refractivity contribution is -0.113. The van der Waals surface area contributed by atoms with Gasteiger partial charge in [0.05, 0.1) is 27.8 Å². The number of rotatable bonds is 7. The molecule has 0 bridgehead atoms. The third kappa shape index (κ3) is 5.57. The van der Waals surface area contributed by atoms with Gasteiger partial charge < -0.3 is 9.73 Å². The van der Waals surface area contributed by atoms with Gasteiger partial charge in [-0.1, -0.05) is 53.7 Å². The van der Waals surface area contributed by atoms with Crippen LogP contribution in [0, 0.1) is 0 Å². The molecule has 3 aromatic rings. The number of halogens is 1. The highest BCUT2D eigenvalue weighted by atomic mass is 35.5. The summed E-state index contributed by atoms with van der Waals surface area (Å²) in [6.07, 6.45) is 1.59. The second-order valence-electron chi connectivity index (χ2n) is 5.87. The van der Waals surface area contributed by atoms with Crippen LogP contribution in [-0.4, -0.2) is 36.5 Å². The van der Waals surface area contributed by atoms with Crippen molar-refractivity contribution in [2.75, 3.05) is 17.3 Å². The molecule has 0 atom stereocenters. The van der Waals surface area contributed by atoms with Gasteiger partial charge in [0, 0.05) is 6.26 Å². The number of hydrogen-bond donors (Lipinski definition) is 1. The standard InChI is InChI=1S/C18H16ClN3O4S2/c1-28(24,25)13-7-8-14(19)15(10-13)20-16(23)11-27-18-22-21-17(26-18)9-12-5-3-2-4-6-12/h2-8,10H,9,11H2,1H3,(H,20,23). The molecule has 7 nitrogen and oxygen atoms in total. The molecule has 146 valence electrons. The van der Waals surface area contributed by atoms with Crippen molar-refractivity contribution in [3.63, 3.8) is 0 Å². The highest BCUT2D eigenvalue weighted by molar-refractivity contribution is 7.99. The van der Waals surface area contributed by atoms with Crippen LogP contribution in [0.3, 0.4) is 0 Å². The number of amides is 1. The second kappa shape index (κ2) is 8.76. The van der Waals surface area contributed by atoms with E-state index in [4.69, 9.17) is 16.0 Å². The van der Waals surface area contributed by atoms with Crippen molar-refractivity contribution in [1.29, 1.82) is 0 Å². The Kier molecular flexibility index (Phi) is 6.38. The number of carbonyl (C=O) groups is 1. The molecule has 1 aromatic heterocycles. The summed E-state index contributed by atoms with van der Waals surface area (Å²) in [5, 5.41) is 11.0. The Morgan fingerprint density at radius 3 is 2.64 bits per heavy atom. The van der Waals surface area contributed by atoms with Crippen LogP contribution in [0.5, 0.6) is 0 Å². The lowest BCUT2D eigenvalue weighted by atomic mass is 10.2. The molecule has 1 heterocycles. The number of carbonyl (C=O) groups excluding carboxylic acids is 1. The van der Waals surface area contributed by atoms with Crippen molar-refractivity contribution in [2.45, 2.75) is 16.5 Å². The highest BCUT2D eigenvalue weighted by Gasteiger charge is 2.14. The minimum atomic E-state index is -3.40. The van der Waals surface area contributed by atoms with E-state index in [1.54, 1.807) is 0 Å². The van der Waals surface area contributed by atoms with E-state index in [-0.39, 0.29) is 32.5 Å². The largest absolute Gasteiger partial charge is 0.416 e. The van der Waals surface area contributed by atoms with Gasteiger partial charge in [-0.15, -0.1) is 10.2 Å². The lowest BCUT2D eigenvalue weighted by Gasteiger charge is -2.08. The van der Waals surface area contributed by atoms with E-state index in [2.05, 4.69) is 15.5 Å². The van der Waals surface area contributed by atoms with Crippen molar-refractivity contribution in [2.24, 2.45) is 0 Å². The number of benzene rings is 2. The smallest absolute Gasteiger partial charge is 0.277 e. The number of sulfone groups is 1. The fourth-order valence-corrected chi connectivity index (χ4v) is 3.68. The highest BCUT2D eigenvalue weighted by Crippen LogP contribution is 2.26. The summed E-state index contributed by atoms with van der Waals surface area (Å²) in [6, 6.07) is 13.8. The van der Waals surface area contributed by atoms with E-state index in [1.165, 1.54) is 18.2 Å². The second-order valence-corrected chi connectivity index (χ2v) is 9.22. The van der Waals surface area contributed by atoms with Gasteiger partial charge in [0.15, 0.2) is 9.84 Å². The number of aromatic nitrogens is 2.